The average molecular weight is 385 g/mol. The first kappa shape index (κ1) is 17.0. The van der Waals surface area contributed by atoms with Crippen LogP contribution >= 0.6 is 0 Å². The fourth-order valence-electron chi connectivity index (χ4n) is 4.61. The normalized spacial score (nSPS) is 17.4. The zero-order valence-corrected chi connectivity index (χ0v) is 16.3. The molecule has 1 unspecified atom stereocenters. The van der Waals surface area contributed by atoms with Gasteiger partial charge in [0.05, 0.1) is 5.70 Å². The number of carbonyl (C=O) groups excluding carboxylic acids is 1. The van der Waals surface area contributed by atoms with Crippen LogP contribution in [0.15, 0.2) is 109 Å². The molecule has 1 N–H and O–H groups in total. The lowest BCUT2D eigenvalue weighted by Gasteiger charge is -2.26. The summed E-state index contributed by atoms with van der Waals surface area (Å²) in [6.45, 7) is 0. The lowest BCUT2D eigenvalue weighted by Crippen LogP contribution is -2.20. The Kier molecular flexibility index (Phi) is 3.72. The number of ketones is 1. The molecule has 0 bridgehead atoms. The van der Waals surface area contributed by atoms with Crippen LogP contribution in [0.3, 0.4) is 0 Å². The van der Waals surface area contributed by atoms with Crippen molar-refractivity contribution in [1.82, 2.24) is 5.32 Å². The first-order valence-corrected chi connectivity index (χ1v) is 10.2. The van der Waals surface area contributed by atoms with Crippen LogP contribution < -0.4 is 5.32 Å². The fraction of sp³-hybridized carbons (Fsp3) is 0.0357. The summed E-state index contributed by atoms with van der Waals surface area (Å²) in [7, 11) is 0. The second-order valence-corrected chi connectivity index (χ2v) is 7.82. The monoisotopic (exact) mass is 385 g/mol. The predicted molar refractivity (Wildman–Crippen MR) is 122 cm³/mol. The molecule has 0 saturated carbocycles. The molecule has 0 saturated heterocycles. The molecule has 6 rings (SSSR count). The van der Waals surface area contributed by atoms with Gasteiger partial charge in [-0.2, -0.15) is 0 Å². The van der Waals surface area contributed by atoms with Gasteiger partial charge >= 0.3 is 0 Å². The SMILES string of the molecule is O=C1C2=C(NC(c3ccc4ccccc4c3)=CC2c2ccccc2)c2ccccc21. The molecule has 1 heterocycles. The van der Waals surface area contributed by atoms with Crippen LogP contribution in [0.1, 0.15) is 33.0 Å². The van der Waals surface area contributed by atoms with Crippen molar-refractivity contribution in [3.63, 3.8) is 0 Å². The molecule has 0 amide bonds. The summed E-state index contributed by atoms with van der Waals surface area (Å²) < 4.78 is 0. The van der Waals surface area contributed by atoms with E-state index in [0.717, 1.165) is 39.2 Å². The van der Waals surface area contributed by atoms with Crippen molar-refractivity contribution in [2.45, 2.75) is 5.92 Å². The lowest BCUT2D eigenvalue weighted by atomic mass is 9.85. The maximum Gasteiger partial charge on any atom is 0.192 e. The Morgan fingerprint density at radius 3 is 2.20 bits per heavy atom. The number of Topliss-reactive ketones (excluding diaryl/α,β-unsaturated/α-hetero) is 1. The lowest BCUT2D eigenvalue weighted by molar-refractivity contribution is 0.103. The smallest absolute Gasteiger partial charge is 0.192 e. The quantitative estimate of drug-likeness (QED) is 0.447. The highest BCUT2D eigenvalue weighted by Gasteiger charge is 2.37. The van der Waals surface area contributed by atoms with E-state index in [4.69, 9.17) is 0 Å². The average Bonchev–Trinajstić information content (AvgIpc) is 3.11. The van der Waals surface area contributed by atoms with Gasteiger partial charge in [-0.05, 0) is 34.0 Å². The Bertz CT molecular complexity index is 1380. The summed E-state index contributed by atoms with van der Waals surface area (Å²) in [5, 5.41) is 6.03. The van der Waals surface area contributed by atoms with Crippen molar-refractivity contribution in [3.8, 4) is 0 Å². The van der Waals surface area contributed by atoms with Gasteiger partial charge in [-0.1, -0.05) is 91.0 Å². The molecule has 0 spiro atoms. The van der Waals surface area contributed by atoms with Gasteiger partial charge in [0, 0.05) is 28.3 Å². The summed E-state index contributed by atoms with van der Waals surface area (Å²) in [5.74, 6) is 0.0413. The second-order valence-electron chi connectivity index (χ2n) is 7.82. The van der Waals surface area contributed by atoms with Crippen molar-refractivity contribution < 1.29 is 4.79 Å². The van der Waals surface area contributed by atoms with Crippen LogP contribution in [0.25, 0.3) is 22.2 Å². The summed E-state index contributed by atoms with van der Waals surface area (Å²) in [4.78, 5) is 13.3. The first-order valence-electron chi connectivity index (χ1n) is 10.2. The summed E-state index contributed by atoms with van der Waals surface area (Å²) in [6, 6.07) is 33.1. The van der Waals surface area contributed by atoms with E-state index in [0.29, 0.717) is 0 Å². The molecular formula is C28H19NO. The van der Waals surface area contributed by atoms with Crippen molar-refractivity contribution >= 4 is 27.9 Å². The van der Waals surface area contributed by atoms with E-state index in [2.05, 4.69) is 66.0 Å². The Morgan fingerprint density at radius 1 is 0.667 bits per heavy atom. The number of dihydropyridines is 1. The van der Waals surface area contributed by atoms with E-state index in [-0.39, 0.29) is 11.7 Å². The highest BCUT2D eigenvalue weighted by Crippen LogP contribution is 2.44. The third-order valence-corrected chi connectivity index (χ3v) is 6.08. The van der Waals surface area contributed by atoms with Crippen molar-refractivity contribution in [2.75, 3.05) is 0 Å². The molecule has 2 heteroatoms. The van der Waals surface area contributed by atoms with Gasteiger partial charge in [0.15, 0.2) is 5.78 Å². The first-order chi connectivity index (χ1) is 14.8. The van der Waals surface area contributed by atoms with Crippen molar-refractivity contribution in [2.24, 2.45) is 0 Å². The molecule has 30 heavy (non-hydrogen) atoms. The number of rotatable bonds is 2. The number of benzene rings is 4. The van der Waals surface area contributed by atoms with Crippen LogP contribution in [0.4, 0.5) is 0 Å². The van der Waals surface area contributed by atoms with Crippen LogP contribution in [-0.2, 0) is 0 Å². The Balaban J connectivity index is 1.54. The van der Waals surface area contributed by atoms with Gasteiger partial charge in [0.1, 0.15) is 0 Å². The minimum atomic E-state index is -0.0798. The molecule has 0 fully saturated rings. The zero-order valence-electron chi connectivity index (χ0n) is 16.3. The van der Waals surface area contributed by atoms with Crippen LogP contribution in [0.2, 0.25) is 0 Å². The van der Waals surface area contributed by atoms with Gasteiger partial charge in [-0.3, -0.25) is 4.79 Å². The van der Waals surface area contributed by atoms with E-state index >= 15 is 0 Å². The second kappa shape index (κ2) is 6.57. The number of nitrogens with one attached hydrogen (secondary N) is 1. The van der Waals surface area contributed by atoms with E-state index in [1.165, 1.54) is 10.8 Å². The summed E-state index contributed by atoms with van der Waals surface area (Å²) in [5.41, 5.74) is 6.85. The van der Waals surface area contributed by atoms with Gasteiger partial charge in [-0.15, -0.1) is 0 Å². The molecular weight excluding hydrogens is 366 g/mol. The van der Waals surface area contributed by atoms with E-state index in [1.54, 1.807) is 0 Å². The van der Waals surface area contributed by atoms with E-state index < -0.39 is 0 Å². The van der Waals surface area contributed by atoms with Crippen molar-refractivity contribution in [3.05, 3.63) is 131 Å². The van der Waals surface area contributed by atoms with Crippen LogP contribution in [0, 0.1) is 0 Å². The number of hydrogen-bond acceptors (Lipinski definition) is 2. The third-order valence-electron chi connectivity index (χ3n) is 6.08. The molecule has 1 atom stereocenters. The molecule has 142 valence electrons. The molecule has 4 aromatic carbocycles. The van der Waals surface area contributed by atoms with Crippen molar-refractivity contribution in [1.29, 1.82) is 0 Å². The fourth-order valence-corrected chi connectivity index (χ4v) is 4.61. The molecule has 1 aliphatic heterocycles. The van der Waals surface area contributed by atoms with Gasteiger partial charge in [0.25, 0.3) is 0 Å². The highest BCUT2D eigenvalue weighted by atomic mass is 16.1. The standard InChI is InChI=1S/C28H19NO/c30-28-23-13-7-6-12-22(23)27-26(28)24(19-9-2-1-3-10-19)17-25(29-27)21-15-14-18-8-4-5-11-20(18)16-21/h1-17,24,29H. The van der Waals surface area contributed by atoms with Gasteiger partial charge < -0.3 is 5.32 Å². The Morgan fingerprint density at radius 2 is 1.37 bits per heavy atom. The number of hydrogen-bond donors (Lipinski definition) is 1. The zero-order chi connectivity index (χ0) is 20.1. The molecule has 0 radical (unpaired) electrons. The number of carbonyl (C=O) groups is 1. The molecule has 4 aromatic rings. The summed E-state index contributed by atoms with van der Waals surface area (Å²) >= 11 is 0. The van der Waals surface area contributed by atoms with Gasteiger partial charge in [0.2, 0.25) is 0 Å². The minimum Gasteiger partial charge on any atom is -0.354 e. The van der Waals surface area contributed by atoms with E-state index in [1.807, 2.05) is 42.5 Å². The molecule has 2 aliphatic rings. The third kappa shape index (κ3) is 2.54. The minimum absolute atomic E-state index is 0.0798. The number of fused-ring (bicyclic) bond motifs is 3. The van der Waals surface area contributed by atoms with E-state index in [9.17, 15) is 4.79 Å². The maximum absolute atomic E-state index is 13.3. The molecule has 0 aromatic heterocycles. The Labute approximate surface area is 175 Å². The van der Waals surface area contributed by atoms with Crippen LogP contribution in [0.5, 0.6) is 0 Å². The highest BCUT2D eigenvalue weighted by molar-refractivity contribution is 6.22. The topological polar surface area (TPSA) is 29.1 Å². The maximum atomic E-state index is 13.3. The largest absolute Gasteiger partial charge is 0.354 e. The predicted octanol–water partition coefficient (Wildman–Crippen LogP) is 6.18. The number of allylic oxidation sites excluding steroid dienone is 2. The Hall–Kier alpha value is -3.91. The summed E-state index contributed by atoms with van der Waals surface area (Å²) in [6.07, 6.45) is 2.20. The molecule has 1 aliphatic carbocycles. The molecule has 2 nitrogen and oxygen atoms in total. The van der Waals surface area contributed by atoms with Gasteiger partial charge in [-0.25, -0.2) is 0 Å². The van der Waals surface area contributed by atoms with Crippen LogP contribution in [-0.4, -0.2) is 5.78 Å².